The minimum absolute atomic E-state index is 0.181. The summed E-state index contributed by atoms with van der Waals surface area (Å²) in [7, 11) is 0. The predicted octanol–water partition coefficient (Wildman–Crippen LogP) is 1.24. The summed E-state index contributed by atoms with van der Waals surface area (Å²) in [4.78, 5) is 13.7. The highest BCUT2D eigenvalue weighted by molar-refractivity contribution is 5.77. The van der Waals surface area contributed by atoms with Crippen LogP contribution in [0.2, 0.25) is 0 Å². The van der Waals surface area contributed by atoms with E-state index in [1.54, 1.807) is 0 Å². The minimum Gasteiger partial charge on any atom is -0.355 e. The average molecular weight is 198 g/mol. The molecule has 1 atom stereocenters. The number of hydrogen-bond donors (Lipinski definition) is 1. The summed E-state index contributed by atoms with van der Waals surface area (Å²) in [6, 6.07) is 0. The maximum absolute atomic E-state index is 11.4. The molecule has 82 valence electrons. The highest BCUT2D eigenvalue weighted by Crippen LogP contribution is 2.14. The van der Waals surface area contributed by atoms with Crippen molar-refractivity contribution in [3.05, 3.63) is 0 Å². The van der Waals surface area contributed by atoms with Gasteiger partial charge >= 0.3 is 0 Å². The first-order valence-corrected chi connectivity index (χ1v) is 5.71. The molecule has 0 spiro atoms. The van der Waals surface area contributed by atoms with Crippen LogP contribution in [-0.4, -0.2) is 37.0 Å². The number of rotatable bonds is 4. The van der Waals surface area contributed by atoms with Gasteiger partial charge in [0.05, 0.1) is 6.54 Å². The van der Waals surface area contributed by atoms with Crippen molar-refractivity contribution in [3.8, 4) is 0 Å². The fraction of sp³-hybridized carbons (Fsp3) is 0.909. The Hall–Kier alpha value is -0.570. The molecule has 0 aromatic rings. The standard InChI is InChI=1S/C11H22N2O/c1-3-6-12-11(14)9-13-7-4-5-10(2)8-13/h10H,3-9H2,1-2H3,(H,12,14). The lowest BCUT2D eigenvalue weighted by atomic mass is 10.0. The smallest absolute Gasteiger partial charge is 0.234 e. The van der Waals surface area contributed by atoms with E-state index in [-0.39, 0.29) is 5.91 Å². The van der Waals surface area contributed by atoms with Gasteiger partial charge in [-0.15, -0.1) is 0 Å². The van der Waals surface area contributed by atoms with E-state index in [0.717, 1.165) is 32.0 Å². The molecule has 1 rings (SSSR count). The second kappa shape index (κ2) is 6.02. The maximum Gasteiger partial charge on any atom is 0.234 e. The van der Waals surface area contributed by atoms with Crippen molar-refractivity contribution in [1.29, 1.82) is 0 Å². The largest absolute Gasteiger partial charge is 0.355 e. The fourth-order valence-electron chi connectivity index (χ4n) is 1.95. The summed E-state index contributed by atoms with van der Waals surface area (Å²) in [5.74, 6) is 0.934. The van der Waals surface area contributed by atoms with Crippen LogP contribution in [0.5, 0.6) is 0 Å². The van der Waals surface area contributed by atoms with Crippen LogP contribution in [0.15, 0.2) is 0 Å². The highest BCUT2D eigenvalue weighted by Gasteiger charge is 2.17. The first kappa shape index (κ1) is 11.5. The summed E-state index contributed by atoms with van der Waals surface area (Å²) in [5, 5.41) is 2.91. The molecule has 1 N–H and O–H groups in total. The van der Waals surface area contributed by atoms with Crippen LogP contribution >= 0.6 is 0 Å². The molecule has 1 aliphatic heterocycles. The molecule has 3 nitrogen and oxygen atoms in total. The van der Waals surface area contributed by atoms with E-state index in [4.69, 9.17) is 0 Å². The summed E-state index contributed by atoms with van der Waals surface area (Å²) in [6.45, 7) is 7.90. The van der Waals surface area contributed by atoms with Gasteiger partial charge in [0, 0.05) is 13.1 Å². The molecular weight excluding hydrogens is 176 g/mol. The number of piperidine rings is 1. The molecule has 0 aromatic carbocycles. The van der Waals surface area contributed by atoms with Crippen molar-refractivity contribution in [2.45, 2.75) is 33.1 Å². The van der Waals surface area contributed by atoms with Crippen LogP contribution < -0.4 is 5.32 Å². The van der Waals surface area contributed by atoms with Gasteiger partial charge in [-0.1, -0.05) is 13.8 Å². The number of nitrogens with zero attached hydrogens (tertiary/aromatic N) is 1. The first-order chi connectivity index (χ1) is 6.72. The van der Waals surface area contributed by atoms with E-state index in [1.807, 2.05) is 0 Å². The zero-order valence-corrected chi connectivity index (χ0v) is 9.38. The Balaban J connectivity index is 2.18. The van der Waals surface area contributed by atoms with Crippen LogP contribution in [0, 0.1) is 5.92 Å². The van der Waals surface area contributed by atoms with Crippen molar-refractivity contribution in [2.24, 2.45) is 5.92 Å². The monoisotopic (exact) mass is 198 g/mol. The third kappa shape index (κ3) is 4.09. The van der Waals surface area contributed by atoms with Gasteiger partial charge in [-0.05, 0) is 31.7 Å². The van der Waals surface area contributed by atoms with Gasteiger partial charge in [-0.3, -0.25) is 9.69 Å². The molecule has 3 heteroatoms. The molecule has 0 bridgehead atoms. The number of nitrogens with one attached hydrogen (secondary N) is 1. The van der Waals surface area contributed by atoms with Crippen molar-refractivity contribution < 1.29 is 4.79 Å². The topological polar surface area (TPSA) is 32.3 Å². The first-order valence-electron chi connectivity index (χ1n) is 5.71. The summed E-state index contributed by atoms with van der Waals surface area (Å²) in [5.41, 5.74) is 0. The lowest BCUT2D eigenvalue weighted by Crippen LogP contribution is -2.42. The molecule has 1 unspecified atom stereocenters. The Bertz CT molecular complexity index is 182. The van der Waals surface area contributed by atoms with E-state index in [2.05, 4.69) is 24.1 Å². The second-order valence-corrected chi connectivity index (χ2v) is 4.33. The molecule has 1 fully saturated rings. The Morgan fingerprint density at radius 3 is 3.00 bits per heavy atom. The van der Waals surface area contributed by atoms with Crippen molar-refractivity contribution in [3.63, 3.8) is 0 Å². The molecule has 1 heterocycles. The second-order valence-electron chi connectivity index (χ2n) is 4.33. The van der Waals surface area contributed by atoms with Gasteiger partial charge < -0.3 is 5.32 Å². The van der Waals surface area contributed by atoms with Crippen LogP contribution in [0.1, 0.15) is 33.1 Å². The Morgan fingerprint density at radius 1 is 1.57 bits per heavy atom. The zero-order chi connectivity index (χ0) is 10.4. The van der Waals surface area contributed by atoms with Gasteiger partial charge in [0.15, 0.2) is 0 Å². The SMILES string of the molecule is CCCNC(=O)CN1CCCC(C)C1. The predicted molar refractivity (Wildman–Crippen MR) is 58.1 cm³/mol. The van der Waals surface area contributed by atoms with Crippen LogP contribution in [0.25, 0.3) is 0 Å². The van der Waals surface area contributed by atoms with Gasteiger partial charge in [0.25, 0.3) is 0 Å². The number of amides is 1. The zero-order valence-electron chi connectivity index (χ0n) is 9.38. The van der Waals surface area contributed by atoms with Gasteiger partial charge in [0.1, 0.15) is 0 Å². The molecule has 1 saturated heterocycles. The Morgan fingerprint density at radius 2 is 2.36 bits per heavy atom. The van der Waals surface area contributed by atoms with Gasteiger partial charge in [0.2, 0.25) is 5.91 Å². The molecule has 0 aromatic heterocycles. The lowest BCUT2D eigenvalue weighted by Gasteiger charge is -2.30. The molecule has 0 saturated carbocycles. The molecular formula is C11H22N2O. The summed E-state index contributed by atoms with van der Waals surface area (Å²) >= 11 is 0. The number of carbonyl (C=O) groups excluding carboxylic acids is 1. The summed E-state index contributed by atoms with van der Waals surface area (Å²) < 4.78 is 0. The molecule has 14 heavy (non-hydrogen) atoms. The molecule has 1 aliphatic rings. The third-order valence-corrected chi connectivity index (χ3v) is 2.68. The maximum atomic E-state index is 11.4. The van der Waals surface area contributed by atoms with Crippen molar-refractivity contribution in [1.82, 2.24) is 10.2 Å². The van der Waals surface area contributed by atoms with E-state index >= 15 is 0 Å². The third-order valence-electron chi connectivity index (χ3n) is 2.68. The molecule has 0 radical (unpaired) electrons. The van der Waals surface area contributed by atoms with E-state index in [0.29, 0.717) is 6.54 Å². The molecule has 0 aliphatic carbocycles. The number of carbonyl (C=O) groups is 1. The Labute approximate surface area is 86.9 Å². The van der Waals surface area contributed by atoms with Gasteiger partial charge in [-0.25, -0.2) is 0 Å². The normalized spacial score (nSPS) is 23.4. The number of likely N-dealkylation sites (tertiary alicyclic amines) is 1. The van der Waals surface area contributed by atoms with E-state index in [9.17, 15) is 4.79 Å². The van der Waals surface area contributed by atoms with Crippen molar-refractivity contribution >= 4 is 5.91 Å². The minimum atomic E-state index is 0.181. The fourth-order valence-corrected chi connectivity index (χ4v) is 1.95. The molecule has 1 amide bonds. The Kier molecular flexibility index (Phi) is 4.94. The van der Waals surface area contributed by atoms with Crippen LogP contribution in [-0.2, 0) is 4.79 Å². The van der Waals surface area contributed by atoms with Crippen molar-refractivity contribution in [2.75, 3.05) is 26.2 Å². The van der Waals surface area contributed by atoms with E-state index in [1.165, 1.54) is 12.8 Å². The highest BCUT2D eigenvalue weighted by atomic mass is 16.2. The van der Waals surface area contributed by atoms with Gasteiger partial charge in [-0.2, -0.15) is 0 Å². The van der Waals surface area contributed by atoms with E-state index < -0.39 is 0 Å². The summed E-state index contributed by atoms with van der Waals surface area (Å²) in [6.07, 6.45) is 3.57. The quantitative estimate of drug-likeness (QED) is 0.737. The number of hydrogen-bond acceptors (Lipinski definition) is 2. The lowest BCUT2D eigenvalue weighted by molar-refractivity contribution is -0.122. The van der Waals surface area contributed by atoms with Crippen LogP contribution in [0.3, 0.4) is 0 Å². The average Bonchev–Trinajstić information content (AvgIpc) is 2.15. The van der Waals surface area contributed by atoms with Crippen LogP contribution in [0.4, 0.5) is 0 Å².